The van der Waals surface area contributed by atoms with E-state index >= 15 is 0 Å². The van der Waals surface area contributed by atoms with Gasteiger partial charge >= 0.3 is 0 Å². The molecule has 0 aliphatic heterocycles. The number of nitrogens with zero attached hydrogens (tertiary/aromatic N) is 1. The van der Waals surface area contributed by atoms with Crippen LogP contribution in [0.25, 0.3) is 10.8 Å². The Balaban J connectivity index is 0.00000225. The molecular weight excluding hydrogens is 470 g/mol. The maximum atomic E-state index is 14.3. The minimum Gasteiger partial charge on any atom is -0.493 e. The number of hydrogen-bond donors (Lipinski definition) is 0. The average Bonchev–Trinajstić information content (AvgIpc) is 3.29. The van der Waals surface area contributed by atoms with Crippen molar-refractivity contribution in [3.05, 3.63) is 59.0 Å². The Labute approximate surface area is 199 Å². The molecule has 2 heterocycles. The fourth-order valence-electron chi connectivity index (χ4n) is 3.97. The van der Waals surface area contributed by atoms with Crippen LogP contribution in [0.15, 0.2) is 48.8 Å². The first kappa shape index (κ1) is 22.1. The summed E-state index contributed by atoms with van der Waals surface area (Å²) in [6.45, 7) is 0.461. The maximum Gasteiger partial charge on any atom is 0.119 e. The monoisotopic (exact) mass is 491 g/mol. The molecular formula is C22H22ClFNOSY-. The van der Waals surface area contributed by atoms with Crippen LogP contribution in [0.1, 0.15) is 24.1 Å². The van der Waals surface area contributed by atoms with Gasteiger partial charge in [0.15, 0.2) is 0 Å². The van der Waals surface area contributed by atoms with Crippen LogP contribution in [-0.4, -0.2) is 23.1 Å². The van der Waals surface area contributed by atoms with Gasteiger partial charge in [-0.3, -0.25) is 4.98 Å². The quantitative estimate of drug-likeness (QED) is 0.295. The molecule has 1 aliphatic carbocycles. The summed E-state index contributed by atoms with van der Waals surface area (Å²) in [5.41, 5.74) is 0. The van der Waals surface area contributed by atoms with Gasteiger partial charge in [-0.2, -0.15) is 6.07 Å². The molecule has 4 atom stereocenters. The summed E-state index contributed by atoms with van der Waals surface area (Å²) in [4.78, 5) is 5.46. The van der Waals surface area contributed by atoms with E-state index < -0.39 is 11.5 Å². The number of thiophene rings is 1. The predicted molar refractivity (Wildman–Crippen MR) is 109 cm³/mol. The van der Waals surface area contributed by atoms with Crippen molar-refractivity contribution in [2.24, 2.45) is 11.8 Å². The van der Waals surface area contributed by atoms with Crippen LogP contribution < -0.4 is 4.74 Å². The molecule has 1 aromatic carbocycles. The zero-order valence-corrected chi connectivity index (χ0v) is 20.0. The Kier molecular flexibility index (Phi) is 8.28. The first-order chi connectivity index (χ1) is 13.2. The van der Waals surface area contributed by atoms with Crippen molar-refractivity contribution in [2.75, 3.05) is 6.61 Å². The van der Waals surface area contributed by atoms with Gasteiger partial charge in [0.2, 0.25) is 0 Å². The Morgan fingerprint density at radius 2 is 2.14 bits per heavy atom. The summed E-state index contributed by atoms with van der Waals surface area (Å²) < 4.78 is 20.3. The Morgan fingerprint density at radius 3 is 2.96 bits per heavy atom. The molecule has 2 unspecified atom stereocenters. The van der Waals surface area contributed by atoms with Crippen LogP contribution in [0, 0.1) is 17.2 Å². The van der Waals surface area contributed by atoms with E-state index in [1.165, 1.54) is 4.88 Å². The van der Waals surface area contributed by atoms with Crippen LogP contribution in [0.2, 0.25) is 0 Å². The van der Waals surface area contributed by atoms with E-state index in [1.807, 2.05) is 36.5 Å². The fourth-order valence-corrected chi connectivity index (χ4v) is 5.02. The molecule has 2 aromatic heterocycles. The van der Waals surface area contributed by atoms with E-state index in [4.69, 9.17) is 16.3 Å². The summed E-state index contributed by atoms with van der Waals surface area (Å²) in [5.74, 6) is 1.12. The SMILES string of the molecule is FC1C[C@H](CCCc2cc[c-]s2)[C@@H](COc2ccc3cnccc3c2)C1Cl.[Y]. The molecule has 1 radical (unpaired) electrons. The van der Waals surface area contributed by atoms with E-state index in [2.05, 4.69) is 16.4 Å². The molecule has 3 aromatic rings. The van der Waals surface area contributed by atoms with Gasteiger partial charge in [0, 0.05) is 56.4 Å². The third-order valence-electron chi connectivity index (χ3n) is 5.47. The number of benzene rings is 1. The molecule has 1 saturated carbocycles. The standard InChI is InChI=1S/C22H22ClFNOS.Y/c23-22-20(14-26-18-7-6-17-13-25-9-8-15(17)11-18)16(12-21(22)24)3-1-4-19-5-2-10-27-19;/h2,5-9,11,13,16,20-22H,1,3-4,12,14H2;/q-1;/t16-,20+,21?,22?;/m0./s1. The number of ether oxygens (including phenoxy) is 1. The Hall–Kier alpha value is -0.546. The molecule has 28 heavy (non-hydrogen) atoms. The number of fused-ring (bicyclic) bond motifs is 1. The van der Waals surface area contributed by atoms with Crippen molar-refractivity contribution in [3.63, 3.8) is 0 Å². The number of halogens is 2. The van der Waals surface area contributed by atoms with E-state index in [9.17, 15) is 4.39 Å². The van der Waals surface area contributed by atoms with E-state index in [1.54, 1.807) is 17.5 Å². The molecule has 0 spiro atoms. The van der Waals surface area contributed by atoms with Crippen molar-refractivity contribution in [2.45, 2.75) is 37.2 Å². The minimum atomic E-state index is -0.942. The van der Waals surface area contributed by atoms with Crippen molar-refractivity contribution >= 4 is 33.7 Å². The Morgan fingerprint density at radius 1 is 1.25 bits per heavy atom. The largest absolute Gasteiger partial charge is 0.493 e. The Bertz CT molecular complexity index is 878. The summed E-state index contributed by atoms with van der Waals surface area (Å²) in [5, 5.41) is 4.82. The summed E-state index contributed by atoms with van der Waals surface area (Å²) in [7, 11) is 0. The number of hydrogen-bond acceptors (Lipinski definition) is 3. The number of alkyl halides is 2. The molecule has 0 bridgehead atoms. The molecule has 4 rings (SSSR count). The molecule has 0 N–H and O–H groups in total. The molecule has 145 valence electrons. The van der Waals surface area contributed by atoms with Gasteiger partial charge in [0.05, 0.1) is 12.0 Å². The molecule has 1 fully saturated rings. The third kappa shape index (κ3) is 5.33. The van der Waals surface area contributed by atoms with Gasteiger partial charge in [-0.05, 0) is 42.0 Å². The minimum absolute atomic E-state index is 0. The molecule has 6 heteroatoms. The van der Waals surface area contributed by atoms with Gasteiger partial charge in [-0.25, -0.2) is 10.5 Å². The smallest absolute Gasteiger partial charge is 0.119 e. The van der Waals surface area contributed by atoms with E-state index in [0.717, 1.165) is 35.8 Å². The number of pyridine rings is 1. The second kappa shape index (κ2) is 10.5. The summed E-state index contributed by atoms with van der Waals surface area (Å²) in [6.07, 6.45) is 6.27. The van der Waals surface area contributed by atoms with Crippen LogP contribution in [-0.2, 0) is 39.1 Å². The predicted octanol–water partition coefficient (Wildman–Crippen LogP) is 6.08. The van der Waals surface area contributed by atoms with Crippen molar-refractivity contribution in [1.82, 2.24) is 4.98 Å². The summed E-state index contributed by atoms with van der Waals surface area (Å²) >= 11 is 8.06. The number of aromatic nitrogens is 1. The fraction of sp³-hybridized carbons (Fsp3) is 0.409. The molecule has 1 aliphatic rings. The van der Waals surface area contributed by atoms with Crippen LogP contribution >= 0.6 is 22.9 Å². The van der Waals surface area contributed by atoms with Crippen molar-refractivity contribution < 1.29 is 41.8 Å². The van der Waals surface area contributed by atoms with Gasteiger partial charge in [0.1, 0.15) is 11.9 Å². The van der Waals surface area contributed by atoms with Gasteiger partial charge in [0.25, 0.3) is 0 Å². The van der Waals surface area contributed by atoms with Crippen molar-refractivity contribution in [1.29, 1.82) is 0 Å². The summed E-state index contributed by atoms with van der Waals surface area (Å²) in [6, 6.07) is 12.0. The van der Waals surface area contributed by atoms with Crippen LogP contribution in [0.3, 0.4) is 0 Å². The average molecular weight is 492 g/mol. The zero-order valence-electron chi connectivity index (χ0n) is 15.6. The van der Waals surface area contributed by atoms with Crippen LogP contribution in [0.5, 0.6) is 5.75 Å². The van der Waals surface area contributed by atoms with E-state index in [0.29, 0.717) is 13.0 Å². The van der Waals surface area contributed by atoms with Gasteiger partial charge < -0.3 is 16.1 Å². The van der Waals surface area contributed by atoms with E-state index in [-0.39, 0.29) is 44.5 Å². The number of aryl methyl sites for hydroxylation is 1. The van der Waals surface area contributed by atoms with Crippen molar-refractivity contribution in [3.8, 4) is 5.75 Å². The third-order valence-corrected chi connectivity index (χ3v) is 6.92. The normalized spacial score (nSPS) is 24.2. The topological polar surface area (TPSA) is 22.1 Å². The maximum absolute atomic E-state index is 14.3. The molecule has 2 nitrogen and oxygen atoms in total. The molecule has 0 amide bonds. The van der Waals surface area contributed by atoms with Gasteiger partial charge in [-0.1, -0.05) is 19.3 Å². The first-order valence-corrected chi connectivity index (χ1v) is 10.7. The molecule has 0 saturated heterocycles. The van der Waals surface area contributed by atoms with Crippen LogP contribution in [0.4, 0.5) is 4.39 Å². The van der Waals surface area contributed by atoms with Gasteiger partial charge in [-0.15, -0.1) is 21.9 Å². The second-order valence-electron chi connectivity index (χ2n) is 7.23. The zero-order chi connectivity index (χ0) is 18.6. The first-order valence-electron chi connectivity index (χ1n) is 9.40. The second-order valence-corrected chi connectivity index (χ2v) is 8.70. The number of rotatable bonds is 7.